The van der Waals surface area contributed by atoms with Gasteiger partial charge in [-0.2, -0.15) is 10.4 Å². The van der Waals surface area contributed by atoms with Gasteiger partial charge in [0.15, 0.2) is 5.82 Å². The van der Waals surface area contributed by atoms with Crippen LogP contribution in [0.2, 0.25) is 0 Å². The van der Waals surface area contributed by atoms with Gasteiger partial charge < -0.3 is 25.1 Å². The Hall–Kier alpha value is -3.03. The summed E-state index contributed by atoms with van der Waals surface area (Å²) in [6.07, 6.45) is 5.68. The highest BCUT2D eigenvalue weighted by molar-refractivity contribution is 6.63. The Balaban J connectivity index is 1.64. The van der Waals surface area contributed by atoms with Gasteiger partial charge in [-0.1, -0.05) is 12.8 Å². The molecule has 1 saturated carbocycles. The van der Waals surface area contributed by atoms with Crippen molar-refractivity contribution in [3.05, 3.63) is 30.0 Å². The van der Waals surface area contributed by atoms with Gasteiger partial charge in [-0.3, -0.25) is 4.68 Å². The number of rotatable bonds is 5. The van der Waals surface area contributed by atoms with Gasteiger partial charge in [0.1, 0.15) is 0 Å². The molecule has 3 N–H and O–H groups in total. The molecule has 2 heterocycles. The van der Waals surface area contributed by atoms with Crippen molar-refractivity contribution in [1.29, 1.82) is 5.26 Å². The normalized spacial score (nSPS) is 23.4. The number of nitrogens with one attached hydrogen (secondary N) is 1. The SMILES string of the molecule is COC(=O)c1ccc(Nc2nn(C3CCCCC3C#N)cc2N)cc1B1OC(C)(C)C(C)(C)O1. The zero-order chi connectivity index (χ0) is 24.7. The van der Waals surface area contributed by atoms with Crippen molar-refractivity contribution in [3.8, 4) is 6.07 Å². The number of anilines is 3. The summed E-state index contributed by atoms with van der Waals surface area (Å²) in [5, 5.41) is 17.4. The highest BCUT2D eigenvalue weighted by Gasteiger charge is 2.52. The molecule has 1 aromatic heterocycles. The summed E-state index contributed by atoms with van der Waals surface area (Å²) in [6.45, 7) is 7.83. The third kappa shape index (κ3) is 4.38. The van der Waals surface area contributed by atoms with E-state index in [1.54, 1.807) is 24.4 Å². The van der Waals surface area contributed by atoms with Crippen molar-refractivity contribution in [2.75, 3.05) is 18.2 Å². The van der Waals surface area contributed by atoms with Crippen molar-refractivity contribution in [3.63, 3.8) is 0 Å². The minimum absolute atomic E-state index is 0.0126. The standard InChI is InChI=1S/C24H32BN5O4/c1-23(2)24(3,4)34-25(33-23)18-12-16(10-11-17(18)22(31)32-5)28-21-19(27)14-30(29-21)20-9-7-6-8-15(20)13-26/h10-12,14-15,20H,6-9,27H2,1-5H3,(H,28,29). The van der Waals surface area contributed by atoms with E-state index in [4.69, 9.17) is 19.8 Å². The second-order valence-electron chi connectivity index (χ2n) is 10.0. The van der Waals surface area contributed by atoms with E-state index in [0.29, 0.717) is 28.2 Å². The van der Waals surface area contributed by atoms with Crippen LogP contribution in [0.3, 0.4) is 0 Å². The van der Waals surface area contributed by atoms with Crippen LogP contribution >= 0.6 is 0 Å². The van der Waals surface area contributed by atoms with Gasteiger partial charge in [0, 0.05) is 5.69 Å². The number of hydrogen-bond acceptors (Lipinski definition) is 8. The number of methoxy groups -OCH3 is 1. The molecule has 2 aromatic rings. The van der Waals surface area contributed by atoms with Crippen LogP contribution in [0.1, 0.15) is 69.8 Å². The zero-order valence-corrected chi connectivity index (χ0v) is 20.4. The molecule has 10 heteroatoms. The van der Waals surface area contributed by atoms with Crippen molar-refractivity contribution in [2.24, 2.45) is 5.92 Å². The molecule has 9 nitrogen and oxygen atoms in total. The molecule has 180 valence electrons. The molecule has 2 unspecified atom stereocenters. The predicted octanol–water partition coefficient (Wildman–Crippen LogP) is 3.55. The summed E-state index contributed by atoms with van der Waals surface area (Å²) in [4.78, 5) is 12.5. The Bertz CT molecular complexity index is 1110. The van der Waals surface area contributed by atoms with E-state index in [9.17, 15) is 10.1 Å². The lowest BCUT2D eigenvalue weighted by atomic mass is 9.75. The van der Waals surface area contributed by atoms with Crippen LogP contribution in [0.4, 0.5) is 17.2 Å². The number of nitriles is 1. The molecule has 1 aromatic carbocycles. The van der Waals surface area contributed by atoms with E-state index in [2.05, 4.69) is 16.5 Å². The highest BCUT2D eigenvalue weighted by Crippen LogP contribution is 2.37. The average molecular weight is 465 g/mol. The van der Waals surface area contributed by atoms with Crippen molar-refractivity contribution in [2.45, 2.75) is 70.6 Å². The van der Waals surface area contributed by atoms with E-state index in [0.717, 1.165) is 25.7 Å². The molecule has 0 bridgehead atoms. The quantitative estimate of drug-likeness (QED) is 0.508. The number of hydrogen-bond donors (Lipinski definition) is 2. The first-order valence-electron chi connectivity index (χ1n) is 11.7. The van der Waals surface area contributed by atoms with E-state index < -0.39 is 24.3 Å². The first-order valence-corrected chi connectivity index (χ1v) is 11.7. The topological polar surface area (TPSA) is 124 Å². The number of benzene rings is 1. The average Bonchev–Trinajstić information content (AvgIpc) is 3.27. The number of carbonyl (C=O) groups is 1. The maximum atomic E-state index is 12.5. The Morgan fingerprint density at radius 2 is 1.94 bits per heavy atom. The van der Waals surface area contributed by atoms with E-state index >= 15 is 0 Å². The second kappa shape index (κ2) is 8.97. The predicted molar refractivity (Wildman–Crippen MR) is 130 cm³/mol. The number of carbonyl (C=O) groups excluding carboxylic acids is 1. The van der Waals surface area contributed by atoms with Gasteiger partial charge in [-0.15, -0.1) is 0 Å². The van der Waals surface area contributed by atoms with E-state index in [1.807, 2.05) is 32.4 Å². The number of nitrogens with two attached hydrogens (primary N) is 1. The van der Waals surface area contributed by atoms with Crippen LogP contribution < -0.4 is 16.5 Å². The molecule has 2 fully saturated rings. The lowest BCUT2D eigenvalue weighted by molar-refractivity contribution is 0.00578. The van der Waals surface area contributed by atoms with Crippen molar-refractivity contribution < 1.29 is 18.8 Å². The fraction of sp³-hybridized carbons (Fsp3) is 0.542. The van der Waals surface area contributed by atoms with Crippen LogP contribution in [0.25, 0.3) is 0 Å². The molecular weight excluding hydrogens is 433 g/mol. The Kier molecular flexibility index (Phi) is 6.36. The molecule has 4 rings (SSSR count). The number of ether oxygens (including phenoxy) is 1. The molecule has 0 spiro atoms. The third-order valence-electron chi connectivity index (χ3n) is 7.22. The van der Waals surface area contributed by atoms with E-state index in [1.165, 1.54) is 7.11 Å². The molecule has 1 aliphatic carbocycles. The fourth-order valence-corrected chi connectivity index (χ4v) is 4.49. The summed E-state index contributed by atoms with van der Waals surface area (Å²) in [5.41, 5.74) is 7.22. The van der Waals surface area contributed by atoms with Crippen LogP contribution in [-0.2, 0) is 14.0 Å². The summed E-state index contributed by atoms with van der Waals surface area (Å²) in [7, 11) is 0.602. The summed E-state index contributed by atoms with van der Waals surface area (Å²) >= 11 is 0. The molecule has 1 aliphatic heterocycles. The largest absolute Gasteiger partial charge is 0.495 e. The van der Waals surface area contributed by atoms with Gasteiger partial charge in [-0.05, 0) is 64.2 Å². The van der Waals surface area contributed by atoms with Crippen LogP contribution in [0.15, 0.2) is 24.4 Å². The van der Waals surface area contributed by atoms with E-state index in [-0.39, 0.29) is 12.0 Å². The Morgan fingerprint density at radius 3 is 2.59 bits per heavy atom. The smallest absolute Gasteiger partial charge is 0.465 e. The Morgan fingerprint density at radius 1 is 1.26 bits per heavy atom. The van der Waals surface area contributed by atoms with Crippen LogP contribution in [-0.4, -0.2) is 41.2 Å². The minimum atomic E-state index is -0.741. The molecule has 0 amide bonds. The lowest BCUT2D eigenvalue weighted by Gasteiger charge is -2.32. The maximum absolute atomic E-state index is 12.5. The van der Waals surface area contributed by atoms with Crippen LogP contribution in [0.5, 0.6) is 0 Å². The fourth-order valence-electron chi connectivity index (χ4n) is 4.49. The first kappa shape index (κ1) is 24.1. The van der Waals surface area contributed by atoms with Gasteiger partial charge in [0.25, 0.3) is 0 Å². The van der Waals surface area contributed by atoms with Crippen LogP contribution in [0, 0.1) is 17.2 Å². The summed E-state index contributed by atoms with van der Waals surface area (Å²) in [6, 6.07) is 7.66. The summed E-state index contributed by atoms with van der Waals surface area (Å²) < 4.78 is 19.2. The lowest BCUT2D eigenvalue weighted by Crippen LogP contribution is -2.41. The molecule has 2 atom stereocenters. The van der Waals surface area contributed by atoms with Gasteiger partial charge in [0.2, 0.25) is 0 Å². The number of nitrogens with zero attached hydrogens (tertiary/aromatic N) is 3. The number of nitrogen functional groups attached to an aromatic ring is 1. The van der Waals surface area contributed by atoms with Gasteiger partial charge >= 0.3 is 13.1 Å². The minimum Gasteiger partial charge on any atom is -0.465 e. The monoisotopic (exact) mass is 465 g/mol. The van der Waals surface area contributed by atoms with Gasteiger partial charge in [0.05, 0.1) is 53.8 Å². The highest BCUT2D eigenvalue weighted by atomic mass is 16.7. The molecular formula is C24H32BN5O4. The summed E-state index contributed by atoms with van der Waals surface area (Å²) in [5.74, 6) is -0.0527. The second-order valence-corrected chi connectivity index (χ2v) is 10.0. The zero-order valence-electron chi connectivity index (χ0n) is 20.4. The molecule has 34 heavy (non-hydrogen) atoms. The number of aromatic nitrogens is 2. The maximum Gasteiger partial charge on any atom is 0.495 e. The molecule has 1 saturated heterocycles. The van der Waals surface area contributed by atoms with Crippen molar-refractivity contribution >= 4 is 35.7 Å². The molecule has 0 radical (unpaired) electrons. The van der Waals surface area contributed by atoms with Gasteiger partial charge in [-0.25, -0.2) is 4.79 Å². The first-order chi connectivity index (χ1) is 16.1. The number of esters is 1. The third-order valence-corrected chi connectivity index (χ3v) is 7.22. The van der Waals surface area contributed by atoms with Crippen molar-refractivity contribution in [1.82, 2.24) is 9.78 Å². The Labute approximate surface area is 200 Å². The molecule has 2 aliphatic rings.